The summed E-state index contributed by atoms with van der Waals surface area (Å²) in [6.07, 6.45) is -2.65. The van der Waals surface area contributed by atoms with Gasteiger partial charge >= 0.3 is 6.18 Å². The molecule has 0 saturated heterocycles. The Balaban J connectivity index is 2.77. The van der Waals surface area contributed by atoms with E-state index in [1.165, 1.54) is 18.5 Å². The fourth-order valence-electron chi connectivity index (χ4n) is 1.34. The normalized spacial score (nSPS) is 13.8. The Labute approximate surface area is 97.8 Å². The maximum atomic E-state index is 12.2. The molecule has 1 rings (SSSR count). The molecule has 0 bridgehead atoms. The van der Waals surface area contributed by atoms with Gasteiger partial charge in [-0.15, -0.1) is 0 Å². The summed E-state index contributed by atoms with van der Waals surface area (Å²) in [6, 6.07) is 0.377. The minimum atomic E-state index is -4.28. The molecule has 0 aliphatic rings. The van der Waals surface area contributed by atoms with E-state index in [1.807, 2.05) is 13.8 Å². The average Bonchev–Trinajstić information content (AvgIpc) is 2.14. The Hall–Kier alpha value is -1.30. The van der Waals surface area contributed by atoms with E-state index in [0.29, 0.717) is 11.3 Å². The smallest absolute Gasteiger partial charge is 0.390 e. The van der Waals surface area contributed by atoms with Gasteiger partial charge in [0.2, 0.25) is 0 Å². The van der Waals surface area contributed by atoms with E-state index in [1.54, 1.807) is 0 Å². The van der Waals surface area contributed by atoms with Crippen LogP contribution in [0.4, 0.5) is 13.2 Å². The molecule has 6 heteroatoms. The summed E-state index contributed by atoms with van der Waals surface area (Å²) in [5.41, 5.74) is 5.79. The summed E-state index contributed by atoms with van der Waals surface area (Å²) in [4.78, 5) is 3.82. The van der Waals surface area contributed by atoms with Crippen molar-refractivity contribution in [3.63, 3.8) is 0 Å². The van der Waals surface area contributed by atoms with Crippen LogP contribution in [0.5, 0.6) is 5.75 Å². The molecular weight excluding hydrogens is 233 g/mol. The molecule has 17 heavy (non-hydrogen) atoms. The number of nitrogens with zero attached hydrogens (tertiary/aromatic N) is 1. The van der Waals surface area contributed by atoms with Gasteiger partial charge in [0.25, 0.3) is 0 Å². The lowest BCUT2D eigenvalue weighted by atomic mass is 10.1. The lowest BCUT2D eigenvalue weighted by Crippen LogP contribution is -2.20. The predicted octanol–water partition coefficient (Wildman–Crippen LogP) is 2.82. The lowest BCUT2D eigenvalue weighted by Gasteiger charge is -2.15. The first-order chi connectivity index (χ1) is 7.78. The van der Waals surface area contributed by atoms with E-state index in [-0.39, 0.29) is 6.10 Å². The summed E-state index contributed by atoms with van der Waals surface area (Å²) >= 11 is 0. The van der Waals surface area contributed by atoms with Crippen LogP contribution >= 0.6 is 0 Å². The Kier molecular flexibility index (Phi) is 4.34. The number of hydrogen-bond acceptors (Lipinski definition) is 3. The van der Waals surface area contributed by atoms with Crippen molar-refractivity contribution < 1.29 is 17.9 Å². The summed E-state index contributed by atoms with van der Waals surface area (Å²) in [6.45, 7) is 3.64. The van der Waals surface area contributed by atoms with Gasteiger partial charge in [-0.05, 0) is 25.5 Å². The van der Waals surface area contributed by atoms with E-state index in [9.17, 15) is 13.2 Å². The van der Waals surface area contributed by atoms with Crippen LogP contribution in [0, 0.1) is 0 Å². The zero-order chi connectivity index (χ0) is 13.1. The molecular formula is C11H15F3N2O. The van der Waals surface area contributed by atoms with Gasteiger partial charge in [-0.25, -0.2) is 0 Å². The first-order valence-corrected chi connectivity index (χ1v) is 5.22. The van der Waals surface area contributed by atoms with E-state index < -0.39 is 18.6 Å². The molecule has 0 radical (unpaired) electrons. The molecule has 0 aliphatic carbocycles. The summed E-state index contributed by atoms with van der Waals surface area (Å²) in [5, 5.41) is 0. The van der Waals surface area contributed by atoms with Gasteiger partial charge in [0, 0.05) is 12.2 Å². The topological polar surface area (TPSA) is 48.1 Å². The Morgan fingerprint density at radius 3 is 2.53 bits per heavy atom. The van der Waals surface area contributed by atoms with Gasteiger partial charge in [-0.3, -0.25) is 4.98 Å². The molecule has 1 aromatic heterocycles. The monoisotopic (exact) mass is 248 g/mol. The van der Waals surface area contributed by atoms with Crippen molar-refractivity contribution in [2.24, 2.45) is 5.73 Å². The molecule has 0 saturated carbocycles. The van der Waals surface area contributed by atoms with Crippen molar-refractivity contribution in [2.45, 2.75) is 38.6 Å². The molecule has 0 fully saturated rings. The second kappa shape index (κ2) is 5.35. The minimum absolute atomic E-state index is 0.0640. The Morgan fingerprint density at radius 2 is 2.00 bits per heavy atom. The van der Waals surface area contributed by atoms with Crippen molar-refractivity contribution in [1.82, 2.24) is 4.98 Å². The molecule has 0 amide bonds. The highest BCUT2D eigenvalue weighted by atomic mass is 19.4. The van der Waals surface area contributed by atoms with Crippen molar-refractivity contribution in [3.8, 4) is 5.75 Å². The van der Waals surface area contributed by atoms with E-state index in [4.69, 9.17) is 10.5 Å². The Bertz CT molecular complexity index is 366. The van der Waals surface area contributed by atoms with Crippen LogP contribution in [0.1, 0.15) is 31.9 Å². The highest BCUT2D eigenvalue weighted by Crippen LogP contribution is 2.28. The second-order valence-corrected chi connectivity index (χ2v) is 4.05. The number of hydrogen-bond donors (Lipinski definition) is 1. The summed E-state index contributed by atoms with van der Waals surface area (Å²) in [5.74, 6) is 0.426. The van der Waals surface area contributed by atoms with Crippen LogP contribution in [0.15, 0.2) is 18.5 Å². The van der Waals surface area contributed by atoms with Gasteiger partial charge < -0.3 is 10.5 Å². The highest BCUT2D eigenvalue weighted by molar-refractivity contribution is 5.26. The highest BCUT2D eigenvalue weighted by Gasteiger charge is 2.31. The molecule has 1 aromatic rings. The van der Waals surface area contributed by atoms with Gasteiger partial charge in [-0.2, -0.15) is 13.2 Å². The third-order valence-electron chi connectivity index (χ3n) is 1.99. The standard InChI is InChI=1S/C11H15F3N2O/c1-7(2)17-9-3-8(5-16-6-9)10(15)4-11(12,13)14/h3,5-7,10H,4,15H2,1-2H3. The lowest BCUT2D eigenvalue weighted by molar-refractivity contribution is -0.138. The van der Waals surface area contributed by atoms with Crippen LogP contribution in [-0.4, -0.2) is 17.3 Å². The number of alkyl halides is 3. The molecule has 1 unspecified atom stereocenters. The van der Waals surface area contributed by atoms with Crippen molar-refractivity contribution in [3.05, 3.63) is 24.0 Å². The second-order valence-electron chi connectivity index (χ2n) is 4.05. The minimum Gasteiger partial charge on any atom is -0.489 e. The van der Waals surface area contributed by atoms with Gasteiger partial charge in [0.15, 0.2) is 0 Å². The van der Waals surface area contributed by atoms with Crippen molar-refractivity contribution in [2.75, 3.05) is 0 Å². The van der Waals surface area contributed by atoms with Gasteiger partial charge in [0.05, 0.1) is 18.7 Å². The zero-order valence-corrected chi connectivity index (χ0v) is 9.66. The molecule has 1 heterocycles. The number of rotatable bonds is 4. The van der Waals surface area contributed by atoms with Crippen molar-refractivity contribution in [1.29, 1.82) is 0 Å². The number of nitrogens with two attached hydrogens (primary N) is 1. The number of ether oxygens (including phenoxy) is 1. The fraction of sp³-hybridized carbons (Fsp3) is 0.545. The third-order valence-corrected chi connectivity index (χ3v) is 1.99. The van der Waals surface area contributed by atoms with Crippen LogP contribution in [0.3, 0.4) is 0 Å². The van der Waals surface area contributed by atoms with Crippen molar-refractivity contribution >= 4 is 0 Å². The maximum absolute atomic E-state index is 12.2. The molecule has 2 N–H and O–H groups in total. The quantitative estimate of drug-likeness (QED) is 0.891. The fourth-order valence-corrected chi connectivity index (χ4v) is 1.34. The van der Waals surface area contributed by atoms with Crippen LogP contribution in [0.2, 0.25) is 0 Å². The van der Waals surface area contributed by atoms with E-state index in [2.05, 4.69) is 4.98 Å². The first-order valence-electron chi connectivity index (χ1n) is 5.22. The van der Waals surface area contributed by atoms with Gasteiger partial charge in [-0.1, -0.05) is 0 Å². The zero-order valence-electron chi connectivity index (χ0n) is 9.66. The molecule has 0 aromatic carbocycles. The third kappa shape index (κ3) is 5.04. The molecule has 0 aliphatic heterocycles. The first kappa shape index (κ1) is 13.8. The summed E-state index contributed by atoms with van der Waals surface area (Å²) in [7, 11) is 0. The number of aromatic nitrogens is 1. The average molecular weight is 248 g/mol. The molecule has 0 spiro atoms. The largest absolute Gasteiger partial charge is 0.489 e. The SMILES string of the molecule is CC(C)Oc1cncc(C(N)CC(F)(F)F)c1. The molecule has 1 atom stereocenters. The Morgan fingerprint density at radius 1 is 1.35 bits per heavy atom. The van der Waals surface area contributed by atoms with Crippen LogP contribution in [0.25, 0.3) is 0 Å². The number of pyridine rings is 1. The van der Waals surface area contributed by atoms with Crippen LogP contribution in [-0.2, 0) is 0 Å². The number of halogens is 3. The van der Waals surface area contributed by atoms with E-state index >= 15 is 0 Å². The molecule has 3 nitrogen and oxygen atoms in total. The van der Waals surface area contributed by atoms with Crippen LogP contribution < -0.4 is 10.5 Å². The van der Waals surface area contributed by atoms with Gasteiger partial charge in [0.1, 0.15) is 5.75 Å². The maximum Gasteiger partial charge on any atom is 0.390 e. The van der Waals surface area contributed by atoms with E-state index in [0.717, 1.165) is 0 Å². The predicted molar refractivity (Wildman–Crippen MR) is 57.6 cm³/mol. The summed E-state index contributed by atoms with van der Waals surface area (Å²) < 4.78 is 41.8. The molecule has 96 valence electrons.